The molecule has 2 aromatic rings. The van der Waals surface area contributed by atoms with E-state index in [2.05, 4.69) is 41.4 Å². The zero-order valence-corrected chi connectivity index (χ0v) is 30.6. The third kappa shape index (κ3) is 8.62. The number of cyclic esters (lactones) is 1. The molecule has 1 saturated heterocycles. The highest BCUT2D eigenvalue weighted by Gasteiger charge is 2.55. The highest BCUT2D eigenvalue weighted by atomic mass is 32.1. The molecule has 0 spiro atoms. The standard InChI is InChI=1S/C33H52BFN6O6S/c1-10-21(3)33(8)26(41(30(45)47-33)15-12-11-14-40-19-24(38-39-40)28-36-13-16-48-28)23(5)37-18-20(2)17-31(6,46-9)25(34)22(4)27(42)32(7,35)29(43)44/h13,16,19-23,25-26,37H,10-12,14-15,17-18H2,1-9H3,(H,43,44)/t20-,21-,22+,23-,25-,26-,31-,32+,33-/m1/s1. The SMILES string of the molecule is [B][C@H]([C@H](C)C(=O)[C@](C)(F)C(=O)O)[C@@](C)(C[C@@H](C)CN[C@H](C)[C@H]1N(CCCCn2cc(-c3nccs3)nn2)C(=O)O[C@]1(C)[C@H](C)CC)OC. The number of carboxylic acids is 1. The maximum atomic E-state index is 14.7. The summed E-state index contributed by atoms with van der Waals surface area (Å²) in [5.41, 5.74) is -4.06. The molecule has 3 heterocycles. The predicted octanol–water partition coefficient (Wildman–Crippen LogP) is 5.19. The lowest BCUT2D eigenvalue weighted by molar-refractivity contribution is -0.158. The van der Waals surface area contributed by atoms with Crippen LogP contribution in [0.1, 0.15) is 81.1 Å². The largest absolute Gasteiger partial charge is 0.479 e. The van der Waals surface area contributed by atoms with E-state index in [-0.39, 0.29) is 30.0 Å². The van der Waals surface area contributed by atoms with Gasteiger partial charge in [-0.1, -0.05) is 32.9 Å². The first-order chi connectivity index (χ1) is 22.4. The number of nitrogens with one attached hydrogen (secondary N) is 1. The van der Waals surface area contributed by atoms with Crippen LogP contribution in [0.25, 0.3) is 10.7 Å². The van der Waals surface area contributed by atoms with Crippen molar-refractivity contribution in [1.29, 1.82) is 0 Å². The van der Waals surface area contributed by atoms with Crippen LogP contribution in [0, 0.1) is 17.8 Å². The minimum atomic E-state index is -3.05. The molecule has 0 aromatic carbocycles. The number of rotatable bonds is 20. The fourth-order valence-corrected chi connectivity index (χ4v) is 7.37. The van der Waals surface area contributed by atoms with Gasteiger partial charge in [0.2, 0.25) is 0 Å². The van der Waals surface area contributed by atoms with Crippen LogP contribution >= 0.6 is 11.3 Å². The summed E-state index contributed by atoms with van der Waals surface area (Å²) in [5, 5.41) is 24.0. The first-order valence-electron chi connectivity index (χ1n) is 16.7. The molecule has 48 heavy (non-hydrogen) atoms. The molecule has 9 atom stereocenters. The number of carbonyl (C=O) groups excluding carboxylic acids is 2. The lowest BCUT2D eigenvalue weighted by Crippen LogP contribution is -2.58. The molecule has 15 heteroatoms. The summed E-state index contributed by atoms with van der Waals surface area (Å²) in [6.07, 6.45) is 6.09. The minimum absolute atomic E-state index is 0.0136. The van der Waals surface area contributed by atoms with Gasteiger partial charge in [0.25, 0.3) is 5.67 Å². The summed E-state index contributed by atoms with van der Waals surface area (Å²) in [5.74, 6) is -4.90. The second kappa shape index (κ2) is 16.2. The van der Waals surface area contributed by atoms with Gasteiger partial charge in [0.1, 0.15) is 16.3 Å². The van der Waals surface area contributed by atoms with Gasteiger partial charge in [-0.05, 0) is 77.6 Å². The van der Waals surface area contributed by atoms with Crippen molar-refractivity contribution >= 4 is 37.0 Å². The van der Waals surface area contributed by atoms with E-state index >= 15 is 0 Å². The van der Waals surface area contributed by atoms with Crippen molar-refractivity contribution in [3.63, 3.8) is 0 Å². The molecule has 12 nitrogen and oxygen atoms in total. The fraction of sp³-hybridized carbons (Fsp3) is 0.758. The average molecular weight is 691 g/mol. The monoisotopic (exact) mass is 690 g/mol. The van der Waals surface area contributed by atoms with Crippen molar-refractivity contribution in [3.05, 3.63) is 17.8 Å². The summed E-state index contributed by atoms with van der Waals surface area (Å²) in [6, 6.07) is -0.373. The molecule has 1 fully saturated rings. The van der Waals surface area contributed by atoms with Crippen molar-refractivity contribution in [2.24, 2.45) is 17.8 Å². The van der Waals surface area contributed by atoms with Crippen LogP contribution in [0.15, 0.2) is 17.8 Å². The van der Waals surface area contributed by atoms with Crippen LogP contribution in [0.4, 0.5) is 9.18 Å². The Morgan fingerprint density at radius 3 is 2.50 bits per heavy atom. The van der Waals surface area contributed by atoms with E-state index < -0.39 is 40.4 Å². The zero-order chi connectivity index (χ0) is 36.0. The summed E-state index contributed by atoms with van der Waals surface area (Å²) >= 11 is 1.51. The number of aliphatic carboxylic acids is 1. The second-order valence-corrected chi connectivity index (χ2v) is 14.8. The average Bonchev–Trinajstić information content (AvgIpc) is 3.80. The highest BCUT2D eigenvalue weighted by molar-refractivity contribution is 7.13. The van der Waals surface area contributed by atoms with E-state index in [1.807, 2.05) is 30.3 Å². The van der Waals surface area contributed by atoms with Gasteiger partial charge in [-0.25, -0.2) is 19.0 Å². The quantitative estimate of drug-likeness (QED) is 0.108. The number of hydrogen-bond donors (Lipinski definition) is 2. The van der Waals surface area contributed by atoms with E-state index in [9.17, 15) is 23.9 Å². The number of aromatic nitrogens is 4. The molecule has 0 bridgehead atoms. The molecule has 2 N–H and O–H groups in total. The van der Waals surface area contributed by atoms with Crippen molar-refractivity contribution < 1.29 is 33.4 Å². The summed E-state index contributed by atoms with van der Waals surface area (Å²) in [4.78, 5) is 43.5. The van der Waals surface area contributed by atoms with Gasteiger partial charge in [-0.3, -0.25) is 14.4 Å². The van der Waals surface area contributed by atoms with Crippen molar-refractivity contribution in [2.45, 2.75) is 122 Å². The number of hydrogen-bond acceptors (Lipinski definition) is 10. The van der Waals surface area contributed by atoms with E-state index in [1.165, 1.54) is 25.4 Å². The fourth-order valence-electron chi connectivity index (χ4n) is 6.78. The number of carboxylic acid groups (broad SMARTS) is 1. The predicted molar refractivity (Wildman–Crippen MR) is 183 cm³/mol. The number of alkyl halides is 1. The Morgan fingerprint density at radius 2 is 1.92 bits per heavy atom. The van der Waals surface area contributed by atoms with Gasteiger partial charge < -0.3 is 19.9 Å². The maximum absolute atomic E-state index is 14.7. The first kappa shape index (κ1) is 39.5. The molecule has 0 aliphatic carbocycles. The van der Waals surface area contributed by atoms with Crippen molar-refractivity contribution in [3.8, 4) is 10.7 Å². The highest BCUT2D eigenvalue weighted by Crippen LogP contribution is 2.41. The Balaban J connectivity index is 1.64. The second-order valence-electron chi connectivity index (χ2n) is 13.9. The van der Waals surface area contributed by atoms with E-state index in [0.717, 1.165) is 36.9 Å². The molecule has 266 valence electrons. The van der Waals surface area contributed by atoms with Gasteiger partial charge in [0, 0.05) is 43.7 Å². The van der Waals surface area contributed by atoms with Gasteiger partial charge >= 0.3 is 12.1 Å². The molecule has 1 aliphatic rings. The number of ether oxygens (including phenoxy) is 2. The maximum Gasteiger partial charge on any atom is 0.410 e. The number of thiazole rings is 1. The van der Waals surface area contributed by atoms with Gasteiger partial charge in [0.05, 0.1) is 25.7 Å². The van der Waals surface area contributed by atoms with Crippen molar-refractivity contribution in [2.75, 3.05) is 20.2 Å². The first-order valence-corrected chi connectivity index (χ1v) is 17.6. The molecular weight excluding hydrogens is 638 g/mol. The van der Waals surface area contributed by atoms with Crippen LogP contribution in [0.2, 0.25) is 5.82 Å². The number of carbonyl (C=O) groups is 3. The van der Waals surface area contributed by atoms with Crippen LogP contribution < -0.4 is 5.32 Å². The summed E-state index contributed by atoms with van der Waals surface area (Å²) in [7, 11) is 7.92. The summed E-state index contributed by atoms with van der Waals surface area (Å²) in [6.45, 7) is 15.9. The van der Waals surface area contributed by atoms with Crippen LogP contribution in [-0.4, -0.2) is 105 Å². The Bertz CT molecular complexity index is 1380. The lowest BCUT2D eigenvalue weighted by Gasteiger charge is -2.42. The van der Waals surface area contributed by atoms with Crippen LogP contribution in [0.3, 0.4) is 0 Å². The molecule has 2 aromatic heterocycles. The molecule has 0 saturated carbocycles. The van der Waals surface area contributed by atoms with E-state index in [1.54, 1.807) is 17.8 Å². The lowest BCUT2D eigenvalue weighted by atomic mass is 9.62. The number of ketones is 1. The molecule has 3 rings (SSSR count). The van der Waals surface area contributed by atoms with E-state index in [0.29, 0.717) is 26.1 Å². The van der Waals surface area contributed by atoms with Crippen LogP contribution in [-0.2, 0) is 25.6 Å². The minimum Gasteiger partial charge on any atom is -0.479 e. The number of methoxy groups -OCH3 is 1. The van der Waals surface area contributed by atoms with Gasteiger partial charge in [0.15, 0.2) is 5.78 Å². The molecule has 0 unspecified atom stereocenters. The Hall–Kier alpha value is -2.91. The van der Waals surface area contributed by atoms with Gasteiger partial charge in [-0.15, -0.1) is 16.4 Å². The topological polar surface area (TPSA) is 149 Å². The Kier molecular flexibility index (Phi) is 13.3. The number of Topliss-reactive ketones (excluding diaryl/α,β-unsaturated/α-hetero) is 1. The number of nitrogens with zero attached hydrogens (tertiary/aromatic N) is 5. The van der Waals surface area contributed by atoms with Crippen molar-refractivity contribution in [1.82, 2.24) is 30.2 Å². The molecule has 1 amide bonds. The molecule has 2 radical (unpaired) electrons. The summed E-state index contributed by atoms with van der Waals surface area (Å²) < 4.78 is 28.3. The number of unbranched alkanes of at least 4 members (excludes halogenated alkanes) is 1. The third-order valence-corrected chi connectivity index (χ3v) is 11.1. The zero-order valence-electron chi connectivity index (χ0n) is 29.7. The smallest absolute Gasteiger partial charge is 0.410 e. The molecule has 1 aliphatic heterocycles. The number of halogens is 1. The number of amides is 1. The van der Waals surface area contributed by atoms with Gasteiger partial charge in [-0.2, -0.15) is 0 Å². The normalized spacial score (nSPS) is 23.8. The van der Waals surface area contributed by atoms with Crippen LogP contribution in [0.5, 0.6) is 0 Å². The Morgan fingerprint density at radius 1 is 1.25 bits per heavy atom. The molecular formula is C33H52BFN6O6S. The Labute approximate surface area is 288 Å². The number of aryl methyl sites for hydroxylation is 1. The van der Waals surface area contributed by atoms with E-state index in [4.69, 9.17) is 17.3 Å². The third-order valence-electron chi connectivity index (χ3n) is 10.3.